The van der Waals surface area contributed by atoms with Crippen molar-refractivity contribution in [2.24, 2.45) is 0 Å². The van der Waals surface area contributed by atoms with E-state index >= 15 is 0 Å². The monoisotopic (exact) mass is 355 g/mol. The molecule has 1 fully saturated rings. The molecule has 2 N–H and O–H groups in total. The fourth-order valence-electron chi connectivity index (χ4n) is 3.06. The van der Waals surface area contributed by atoms with Crippen molar-refractivity contribution in [1.82, 2.24) is 5.32 Å². The second-order valence-corrected chi connectivity index (χ2v) is 6.42. The maximum Gasteiger partial charge on any atom is 0.244 e. The van der Waals surface area contributed by atoms with Crippen molar-refractivity contribution in [3.05, 3.63) is 77.6 Å². The third-order valence-electron chi connectivity index (χ3n) is 4.51. The van der Waals surface area contributed by atoms with Gasteiger partial charge < -0.3 is 15.0 Å². The molecule has 1 atom stereocenters. The van der Waals surface area contributed by atoms with Gasteiger partial charge in [0.1, 0.15) is 31.5 Å². The first-order valence-corrected chi connectivity index (χ1v) is 8.91. The summed E-state index contributed by atoms with van der Waals surface area (Å²) in [6, 6.07) is 16.0. The molecule has 3 rings (SSSR count). The number of carbonyl (C=O) groups is 1. The maximum atomic E-state index is 13.0. The molecule has 1 saturated heterocycles. The normalized spacial score (nSPS) is 16.5. The molecule has 2 aromatic carbocycles. The molecule has 0 unspecified atom stereocenters. The van der Waals surface area contributed by atoms with Crippen LogP contribution in [0.4, 0.5) is 4.39 Å². The predicted molar refractivity (Wildman–Crippen MR) is 99.1 cm³/mol. The van der Waals surface area contributed by atoms with Crippen LogP contribution in [0.1, 0.15) is 17.2 Å². The van der Waals surface area contributed by atoms with Crippen molar-refractivity contribution >= 4 is 12.0 Å². The van der Waals surface area contributed by atoms with Crippen LogP contribution in [0.5, 0.6) is 0 Å². The lowest BCUT2D eigenvalue weighted by molar-refractivity contribution is -0.909. The highest BCUT2D eigenvalue weighted by molar-refractivity contribution is 5.92. The molecule has 1 heterocycles. The molecule has 0 radical (unpaired) electrons. The second-order valence-electron chi connectivity index (χ2n) is 6.42. The fourth-order valence-corrected chi connectivity index (χ4v) is 3.06. The lowest BCUT2D eigenvalue weighted by Crippen LogP contribution is -3.14. The highest BCUT2D eigenvalue weighted by Gasteiger charge is 2.22. The van der Waals surface area contributed by atoms with Crippen molar-refractivity contribution in [3.8, 4) is 0 Å². The van der Waals surface area contributed by atoms with Gasteiger partial charge in [-0.15, -0.1) is 0 Å². The van der Waals surface area contributed by atoms with Crippen molar-refractivity contribution in [3.63, 3.8) is 0 Å². The summed E-state index contributed by atoms with van der Waals surface area (Å²) in [7, 11) is 0. The van der Waals surface area contributed by atoms with Crippen LogP contribution >= 0.6 is 0 Å². The number of benzene rings is 2. The van der Waals surface area contributed by atoms with E-state index in [-0.39, 0.29) is 17.8 Å². The van der Waals surface area contributed by atoms with E-state index in [0.29, 0.717) is 0 Å². The van der Waals surface area contributed by atoms with E-state index in [1.165, 1.54) is 23.1 Å². The molecule has 0 bridgehead atoms. The van der Waals surface area contributed by atoms with Gasteiger partial charge in [-0.3, -0.25) is 4.79 Å². The molecule has 4 nitrogen and oxygen atoms in total. The van der Waals surface area contributed by atoms with Crippen LogP contribution in [0.25, 0.3) is 6.08 Å². The Morgan fingerprint density at radius 3 is 2.50 bits per heavy atom. The lowest BCUT2D eigenvalue weighted by Gasteiger charge is -2.28. The van der Waals surface area contributed by atoms with Gasteiger partial charge >= 0.3 is 0 Å². The predicted octanol–water partition coefficient (Wildman–Crippen LogP) is 1.61. The number of quaternary nitrogens is 1. The average molecular weight is 355 g/mol. The summed E-state index contributed by atoms with van der Waals surface area (Å²) in [5.74, 6) is -0.444. The molecule has 1 aliphatic rings. The zero-order valence-corrected chi connectivity index (χ0v) is 14.7. The first-order chi connectivity index (χ1) is 12.7. The van der Waals surface area contributed by atoms with E-state index in [4.69, 9.17) is 4.74 Å². The molecule has 0 spiro atoms. The molecular formula is C21H24FN2O2+. The van der Waals surface area contributed by atoms with E-state index in [9.17, 15) is 9.18 Å². The van der Waals surface area contributed by atoms with Gasteiger partial charge in [-0.1, -0.05) is 42.5 Å². The number of hydrogen-bond acceptors (Lipinski definition) is 2. The van der Waals surface area contributed by atoms with Crippen LogP contribution in [0.15, 0.2) is 60.7 Å². The number of halogens is 1. The first-order valence-electron chi connectivity index (χ1n) is 8.91. The van der Waals surface area contributed by atoms with Gasteiger partial charge in [-0.2, -0.15) is 0 Å². The average Bonchev–Trinajstić information content (AvgIpc) is 2.68. The minimum atomic E-state index is -0.288. The Hall–Kier alpha value is -2.50. The summed E-state index contributed by atoms with van der Waals surface area (Å²) in [4.78, 5) is 13.8. The van der Waals surface area contributed by atoms with E-state index in [1.54, 1.807) is 18.2 Å². The first kappa shape index (κ1) is 18.3. The van der Waals surface area contributed by atoms with E-state index in [1.807, 2.05) is 30.3 Å². The molecule has 0 saturated carbocycles. The van der Waals surface area contributed by atoms with Gasteiger partial charge in [0.15, 0.2) is 0 Å². The van der Waals surface area contributed by atoms with Crippen LogP contribution < -0.4 is 10.2 Å². The molecule has 5 heteroatoms. The highest BCUT2D eigenvalue weighted by Crippen LogP contribution is 2.11. The Bertz CT molecular complexity index is 725. The van der Waals surface area contributed by atoms with Crippen LogP contribution in [0.2, 0.25) is 0 Å². The SMILES string of the molecule is O=C(/C=C/c1ccc(F)cc1)N[C@@H](C[NH+]1CCOCC1)c1ccccc1. The summed E-state index contributed by atoms with van der Waals surface area (Å²) in [6.07, 6.45) is 3.19. The summed E-state index contributed by atoms with van der Waals surface area (Å²) < 4.78 is 18.4. The van der Waals surface area contributed by atoms with E-state index < -0.39 is 0 Å². The van der Waals surface area contributed by atoms with Gasteiger partial charge in [0, 0.05) is 6.08 Å². The molecule has 0 aliphatic carbocycles. The van der Waals surface area contributed by atoms with E-state index in [0.717, 1.165) is 44.0 Å². The number of amides is 1. The standard InChI is InChI=1S/C21H23FN2O2/c22-19-9-6-17(7-10-19)8-11-21(25)23-20(18-4-2-1-3-5-18)16-24-12-14-26-15-13-24/h1-11,20H,12-16H2,(H,23,25)/p+1/b11-8+/t20-/m0/s1. The number of hydrogen-bond donors (Lipinski definition) is 2. The molecule has 0 aromatic heterocycles. The third kappa shape index (κ3) is 5.51. The van der Waals surface area contributed by atoms with E-state index in [2.05, 4.69) is 5.32 Å². The Balaban J connectivity index is 1.66. The quantitative estimate of drug-likeness (QED) is 0.773. The van der Waals surface area contributed by atoms with Crippen molar-refractivity contribution in [2.75, 3.05) is 32.8 Å². The van der Waals surface area contributed by atoms with Crippen molar-refractivity contribution in [1.29, 1.82) is 0 Å². The smallest absolute Gasteiger partial charge is 0.244 e. The summed E-state index contributed by atoms with van der Waals surface area (Å²) in [5.41, 5.74) is 1.88. The van der Waals surface area contributed by atoms with Crippen molar-refractivity contribution in [2.45, 2.75) is 6.04 Å². The molecular weight excluding hydrogens is 331 g/mol. The molecule has 2 aromatic rings. The number of nitrogens with one attached hydrogen (secondary N) is 2. The highest BCUT2D eigenvalue weighted by atomic mass is 19.1. The maximum absolute atomic E-state index is 13.0. The van der Waals surface area contributed by atoms with Gasteiger partial charge in [0.05, 0.1) is 13.2 Å². The van der Waals surface area contributed by atoms with Crippen LogP contribution in [-0.4, -0.2) is 38.8 Å². The number of rotatable bonds is 6. The summed E-state index contributed by atoms with van der Waals surface area (Å²) in [5, 5.41) is 3.10. The van der Waals surface area contributed by atoms with Crippen LogP contribution in [0.3, 0.4) is 0 Å². The molecule has 1 amide bonds. The Labute approximate surface area is 153 Å². The zero-order chi connectivity index (χ0) is 18.2. The van der Waals surface area contributed by atoms with Gasteiger partial charge in [-0.25, -0.2) is 4.39 Å². The lowest BCUT2D eigenvalue weighted by atomic mass is 10.1. The zero-order valence-electron chi connectivity index (χ0n) is 14.7. The number of ether oxygens (including phenoxy) is 1. The van der Waals surface area contributed by atoms with Gasteiger partial charge in [-0.05, 0) is 29.3 Å². The molecule has 1 aliphatic heterocycles. The van der Waals surface area contributed by atoms with Crippen LogP contribution in [-0.2, 0) is 9.53 Å². The van der Waals surface area contributed by atoms with Gasteiger partial charge in [0.2, 0.25) is 5.91 Å². The fraction of sp³-hybridized carbons (Fsp3) is 0.286. The largest absolute Gasteiger partial charge is 0.370 e. The van der Waals surface area contributed by atoms with Crippen LogP contribution in [0, 0.1) is 5.82 Å². The molecule has 136 valence electrons. The topological polar surface area (TPSA) is 42.8 Å². The Kier molecular flexibility index (Phi) is 6.52. The molecule has 26 heavy (non-hydrogen) atoms. The minimum Gasteiger partial charge on any atom is -0.370 e. The summed E-state index contributed by atoms with van der Waals surface area (Å²) in [6.45, 7) is 4.24. The Morgan fingerprint density at radius 1 is 1.12 bits per heavy atom. The summed E-state index contributed by atoms with van der Waals surface area (Å²) >= 11 is 0. The third-order valence-corrected chi connectivity index (χ3v) is 4.51. The van der Waals surface area contributed by atoms with Gasteiger partial charge in [0.25, 0.3) is 0 Å². The number of morpholine rings is 1. The number of carbonyl (C=O) groups excluding carboxylic acids is 1. The minimum absolute atomic E-state index is 0.0605. The second kappa shape index (κ2) is 9.27. The van der Waals surface area contributed by atoms with Crippen molar-refractivity contribution < 1.29 is 18.8 Å². The Morgan fingerprint density at radius 2 is 1.81 bits per heavy atom.